The van der Waals surface area contributed by atoms with Gasteiger partial charge in [-0.1, -0.05) is 25.5 Å². The number of unbranched alkanes of at least 4 members (excludes halogenated alkanes) is 1. The predicted octanol–water partition coefficient (Wildman–Crippen LogP) is 4.67. The molecule has 116 valence electrons. The first-order valence-electron chi connectivity index (χ1n) is 6.97. The fourth-order valence-corrected chi connectivity index (χ4v) is 1.95. The molecule has 0 amide bonds. The molecule has 2 aromatic carbocycles. The molecule has 0 spiro atoms. The number of rotatable bonds is 5. The van der Waals surface area contributed by atoms with E-state index in [0.29, 0.717) is 12.1 Å². The van der Waals surface area contributed by atoms with Crippen LogP contribution in [0.4, 0.5) is 13.2 Å². The van der Waals surface area contributed by atoms with Crippen molar-refractivity contribution in [1.29, 1.82) is 0 Å². The number of esters is 1. The van der Waals surface area contributed by atoms with Crippen LogP contribution in [0, 0.1) is 17.5 Å². The van der Waals surface area contributed by atoms with Crippen LogP contribution in [0.2, 0.25) is 0 Å². The second-order valence-corrected chi connectivity index (χ2v) is 4.89. The van der Waals surface area contributed by atoms with Crippen LogP contribution in [0.1, 0.15) is 35.7 Å². The van der Waals surface area contributed by atoms with Gasteiger partial charge in [-0.15, -0.1) is 0 Å². The highest BCUT2D eigenvalue weighted by molar-refractivity contribution is 5.91. The summed E-state index contributed by atoms with van der Waals surface area (Å²) in [4.78, 5) is 11.9. The standard InChI is InChI=1S/C17H15F3O2/c1-2-3-4-11-5-7-12(8-6-11)17(21)22-13-9-14(18)16(20)15(19)10-13/h5-10H,2-4H2,1H3. The monoisotopic (exact) mass is 308 g/mol. The Morgan fingerprint density at radius 1 is 1.05 bits per heavy atom. The zero-order valence-electron chi connectivity index (χ0n) is 12.0. The van der Waals surface area contributed by atoms with Crippen molar-refractivity contribution in [3.63, 3.8) is 0 Å². The van der Waals surface area contributed by atoms with Gasteiger partial charge in [0.15, 0.2) is 17.5 Å². The first kappa shape index (κ1) is 16.1. The fraction of sp³-hybridized carbons (Fsp3) is 0.235. The zero-order valence-corrected chi connectivity index (χ0v) is 12.0. The lowest BCUT2D eigenvalue weighted by Gasteiger charge is -2.06. The first-order valence-corrected chi connectivity index (χ1v) is 6.97. The third-order valence-corrected chi connectivity index (χ3v) is 3.18. The summed E-state index contributed by atoms with van der Waals surface area (Å²) < 4.78 is 43.8. The lowest BCUT2D eigenvalue weighted by molar-refractivity contribution is 0.0733. The van der Waals surface area contributed by atoms with E-state index in [4.69, 9.17) is 4.74 Å². The molecule has 0 heterocycles. The summed E-state index contributed by atoms with van der Waals surface area (Å²) in [5.41, 5.74) is 1.35. The Labute approximate surface area is 126 Å². The predicted molar refractivity (Wildman–Crippen MR) is 76.3 cm³/mol. The molecule has 0 aliphatic heterocycles. The number of benzene rings is 2. The van der Waals surface area contributed by atoms with Crippen LogP contribution >= 0.6 is 0 Å². The summed E-state index contributed by atoms with van der Waals surface area (Å²) in [7, 11) is 0. The van der Waals surface area contributed by atoms with E-state index in [1.807, 2.05) is 0 Å². The largest absolute Gasteiger partial charge is 0.423 e. The quantitative estimate of drug-likeness (QED) is 0.456. The smallest absolute Gasteiger partial charge is 0.343 e. The third-order valence-electron chi connectivity index (χ3n) is 3.18. The highest BCUT2D eigenvalue weighted by Gasteiger charge is 2.14. The maximum absolute atomic E-state index is 13.1. The Hall–Kier alpha value is -2.30. The summed E-state index contributed by atoms with van der Waals surface area (Å²) >= 11 is 0. The Bertz CT molecular complexity index is 643. The molecule has 22 heavy (non-hydrogen) atoms. The van der Waals surface area contributed by atoms with Gasteiger partial charge in [0.05, 0.1) is 5.56 Å². The van der Waals surface area contributed by atoms with Crippen molar-refractivity contribution >= 4 is 5.97 Å². The zero-order chi connectivity index (χ0) is 16.1. The van der Waals surface area contributed by atoms with Gasteiger partial charge in [0.25, 0.3) is 0 Å². The minimum atomic E-state index is -1.60. The molecule has 0 radical (unpaired) electrons. The van der Waals surface area contributed by atoms with Gasteiger partial charge in [0, 0.05) is 12.1 Å². The number of hydrogen-bond acceptors (Lipinski definition) is 2. The van der Waals surface area contributed by atoms with Crippen molar-refractivity contribution in [1.82, 2.24) is 0 Å². The van der Waals surface area contributed by atoms with E-state index >= 15 is 0 Å². The van der Waals surface area contributed by atoms with Gasteiger partial charge in [0.1, 0.15) is 5.75 Å². The van der Waals surface area contributed by atoms with E-state index in [1.165, 1.54) is 0 Å². The normalized spacial score (nSPS) is 10.5. The molecule has 0 atom stereocenters. The number of aryl methyl sites for hydroxylation is 1. The lowest BCUT2D eigenvalue weighted by atomic mass is 10.1. The topological polar surface area (TPSA) is 26.3 Å². The number of carbonyl (C=O) groups is 1. The Balaban J connectivity index is 2.09. The van der Waals surface area contributed by atoms with Gasteiger partial charge in [-0.2, -0.15) is 0 Å². The molecule has 2 nitrogen and oxygen atoms in total. The van der Waals surface area contributed by atoms with E-state index < -0.39 is 23.4 Å². The average Bonchev–Trinajstić information content (AvgIpc) is 2.51. The summed E-state index contributed by atoms with van der Waals surface area (Å²) in [5.74, 6) is -5.54. The van der Waals surface area contributed by atoms with Gasteiger partial charge in [0.2, 0.25) is 0 Å². The molecule has 0 aliphatic carbocycles. The molecule has 5 heteroatoms. The number of ether oxygens (including phenoxy) is 1. The van der Waals surface area contributed by atoms with E-state index in [1.54, 1.807) is 24.3 Å². The molecule has 0 saturated heterocycles. The van der Waals surface area contributed by atoms with Gasteiger partial charge >= 0.3 is 5.97 Å². The molecule has 0 bridgehead atoms. The maximum atomic E-state index is 13.1. The van der Waals surface area contributed by atoms with Gasteiger partial charge in [-0.3, -0.25) is 0 Å². The molecule has 0 fully saturated rings. The van der Waals surface area contributed by atoms with Gasteiger partial charge < -0.3 is 4.74 Å². The molecule has 2 rings (SSSR count). The van der Waals surface area contributed by atoms with Crippen LogP contribution in [-0.2, 0) is 6.42 Å². The minimum Gasteiger partial charge on any atom is -0.423 e. The second kappa shape index (κ2) is 7.11. The Morgan fingerprint density at radius 2 is 1.64 bits per heavy atom. The van der Waals surface area contributed by atoms with Crippen molar-refractivity contribution in [2.24, 2.45) is 0 Å². The van der Waals surface area contributed by atoms with E-state index in [-0.39, 0.29) is 11.3 Å². The summed E-state index contributed by atoms with van der Waals surface area (Å²) in [6.07, 6.45) is 3.05. The number of carbonyl (C=O) groups excluding carboxylic acids is 1. The first-order chi connectivity index (χ1) is 10.5. The lowest BCUT2D eigenvalue weighted by Crippen LogP contribution is -2.09. The van der Waals surface area contributed by atoms with Crippen LogP contribution in [0.25, 0.3) is 0 Å². The highest BCUT2D eigenvalue weighted by Crippen LogP contribution is 2.20. The molecule has 2 aromatic rings. The summed E-state index contributed by atoms with van der Waals surface area (Å²) in [5, 5.41) is 0. The second-order valence-electron chi connectivity index (χ2n) is 4.89. The van der Waals surface area contributed by atoms with E-state index in [2.05, 4.69) is 6.92 Å². The van der Waals surface area contributed by atoms with Crippen LogP contribution in [0.3, 0.4) is 0 Å². The summed E-state index contributed by atoms with van der Waals surface area (Å²) in [6.45, 7) is 2.09. The molecule has 0 aromatic heterocycles. The minimum absolute atomic E-state index is 0.255. The maximum Gasteiger partial charge on any atom is 0.343 e. The number of hydrogen-bond donors (Lipinski definition) is 0. The molecule has 0 N–H and O–H groups in total. The number of halogens is 3. The molecular formula is C17H15F3O2. The SMILES string of the molecule is CCCCc1ccc(C(=O)Oc2cc(F)c(F)c(F)c2)cc1. The average molecular weight is 308 g/mol. The fourth-order valence-electron chi connectivity index (χ4n) is 1.95. The highest BCUT2D eigenvalue weighted by atomic mass is 19.2. The third kappa shape index (κ3) is 3.87. The molecule has 0 saturated carbocycles. The summed E-state index contributed by atoms with van der Waals surface area (Å²) in [6, 6.07) is 8.04. The van der Waals surface area contributed by atoms with Crippen LogP contribution in [0.5, 0.6) is 5.75 Å². The van der Waals surface area contributed by atoms with Crippen LogP contribution < -0.4 is 4.74 Å². The van der Waals surface area contributed by atoms with Crippen molar-refractivity contribution in [3.8, 4) is 5.75 Å². The van der Waals surface area contributed by atoms with E-state index in [9.17, 15) is 18.0 Å². The Kier molecular flexibility index (Phi) is 5.20. The van der Waals surface area contributed by atoms with Crippen molar-refractivity contribution in [3.05, 3.63) is 65.0 Å². The van der Waals surface area contributed by atoms with Gasteiger partial charge in [-0.25, -0.2) is 18.0 Å². The van der Waals surface area contributed by atoms with Crippen molar-refractivity contribution < 1.29 is 22.7 Å². The van der Waals surface area contributed by atoms with Crippen LogP contribution in [0.15, 0.2) is 36.4 Å². The molecule has 0 unspecified atom stereocenters. The van der Waals surface area contributed by atoms with Crippen molar-refractivity contribution in [2.75, 3.05) is 0 Å². The molecular weight excluding hydrogens is 293 g/mol. The van der Waals surface area contributed by atoms with Gasteiger partial charge in [-0.05, 0) is 30.5 Å². The van der Waals surface area contributed by atoms with Crippen LogP contribution in [-0.4, -0.2) is 5.97 Å². The van der Waals surface area contributed by atoms with E-state index in [0.717, 1.165) is 24.8 Å². The Morgan fingerprint density at radius 3 is 2.18 bits per heavy atom. The van der Waals surface area contributed by atoms with Crippen molar-refractivity contribution in [2.45, 2.75) is 26.2 Å². The molecule has 0 aliphatic rings.